The van der Waals surface area contributed by atoms with Crippen molar-refractivity contribution in [3.05, 3.63) is 44.4 Å². The van der Waals surface area contributed by atoms with Gasteiger partial charge in [-0.3, -0.25) is 14.6 Å². The average molecular weight is 499 g/mol. The maximum Gasteiger partial charge on any atom is 0.307 e. The third kappa shape index (κ3) is 5.93. The van der Waals surface area contributed by atoms with Gasteiger partial charge in [0.05, 0.1) is 11.4 Å². The lowest BCUT2D eigenvalue weighted by Gasteiger charge is -2.57. The Bertz CT molecular complexity index is 1040. The molecule has 6 rings (SSSR count). The first-order chi connectivity index (χ1) is 16.9. The number of aromatic amines is 1. The molecule has 1 aromatic heterocycles. The molecule has 0 saturated heterocycles. The van der Waals surface area contributed by atoms with Gasteiger partial charge in [0.15, 0.2) is 0 Å². The van der Waals surface area contributed by atoms with Gasteiger partial charge >= 0.3 is 4.87 Å². The Labute approximate surface area is 211 Å². The van der Waals surface area contributed by atoms with Crippen LogP contribution in [0.4, 0.5) is 0 Å². The molecule has 0 radical (unpaired) electrons. The van der Waals surface area contributed by atoms with Crippen LogP contribution in [0.2, 0.25) is 0 Å². The third-order valence-electron chi connectivity index (χ3n) is 8.62. The highest BCUT2D eigenvalue weighted by Gasteiger charge is 2.50. The number of nitrogens with zero attached hydrogens (tertiary/aromatic N) is 1. The van der Waals surface area contributed by atoms with E-state index in [1.165, 1.54) is 51.4 Å². The summed E-state index contributed by atoms with van der Waals surface area (Å²) in [6.07, 6.45) is 13.5. The number of likely N-dealkylation sites (N-methyl/N-ethyl adjacent to an activating group) is 1. The number of ether oxygens (including phenoxy) is 1. The summed E-state index contributed by atoms with van der Waals surface area (Å²) >= 11 is 1.02. The first kappa shape index (κ1) is 24.4. The fourth-order valence-corrected chi connectivity index (χ4v) is 8.11. The van der Waals surface area contributed by atoms with Gasteiger partial charge in [-0.1, -0.05) is 29.9 Å². The fourth-order valence-electron chi connectivity index (χ4n) is 7.35. The van der Waals surface area contributed by atoms with E-state index in [0.717, 1.165) is 46.8 Å². The second-order valence-electron chi connectivity index (χ2n) is 11.4. The summed E-state index contributed by atoms with van der Waals surface area (Å²) < 4.78 is 5.83. The van der Waals surface area contributed by atoms with Crippen molar-refractivity contribution in [2.24, 2.45) is 23.2 Å². The van der Waals surface area contributed by atoms with Crippen LogP contribution < -0.4 is 9.61 Å². The van der Waals surface area contributed by atoms with Gasteiger partial charge in [-0.2, -0.15) is 0 Å². The summed E-state index contributed by atoms with van der Waals surface area (Å²) in [7, 11) is 1.86. The van der Waals surface area contributed by atoms with Crippen molar-refractivity contribution >= 4 is 17.2 Å². The molecule has 1 aromatic carbocycles. The quantitative estimate of drug-likeness (QED) is 0.409. The van der Waals surface area contributed by atoms with Crippen LogP contribution in [0, 0.1) is 23.2 Å². The zero-order chi connectivity index (χ0) is 24.4. The number of carbonyl (C=O) groups is 1. The Morgan fingerprint density at radius 1 is 1.11 bits per heavy atom. The lowest BCUT2D eigenvalue weighted by molar-refractivity contribution is -0.130. The molecule has 35 heavy (non-hydrogen) atoms. The lowest BCUT2D eigenvalue weighted by Crippen LogP contribution is -2.45. The number of hydrogen-bond donors (Lipinski definition) is 2. The molecule has 2 aromatic rings. The van der Waals surface area contributed by atoms with Crippen molar-refractivity contribution in [2.45, 2.75) is 70.6 Å². The number of carbonyl (C=O) groups excluding carboxylic acids is 1. The number of aromatic nitrogens is 1. The van der Waals surface area contributed by atoms with Crippen molar-refractivity contribution in [2.75, 3.05) is 20.2 Å². The van der Waals surface area contributed by atoms with Gasteiger partial charge in [-0.15, -0.1) is 0 Å². The molecule has 0 aliphatic heterocycles. The normalized spacial score (nSPS) is 26.7. The van der Waals surface area contributed by atoms with Gasteiger partial charge in [0.1, 0.15) is 12.4 Å². The molecule has 0 unspecified atom stereocenters. The van der Waals surface area contributed by atoms with E-state index in [4.69, 9.17) is 4.74 Å². The lowest BCUT2D eigenvalue weighted by atomic mass is 9.48. The van der Waals surface area contributed by atoms with E-state index in [1.807, 2.05) is 31.3 Å². The van der Waals surface area contributed by atoms with Crippen LogP contribution in [-0.2, 0) is 11.2 Å². The molecular formula is C28H38N2O4S. The molecule has 6 nitrogen and oxygen atoms in total. The molecule has 7 heteroatoms. The number of H-pyrrole nitrogens is 1. The van der Waals surface area contributed by atoms with Crippen LogP contribution in [0.3, 0.4) is 0 Å². The van der Waals surface area contributed by atoms with E-state index < -0.39 is 0 Å². The summed E-state index contributed by atoms with van der Waals surface area (Å²) in [4.78, 5) is 28.5. The molecular weight excluding hydrogens is 460 g/mol. The van der Waals surface area contributed by atoms with Crippen LogP contribution in [0.1, 0.15) is 74.6 Å². The molecule has 4 saturated carbocycles. The van der Waals surface area contributed by atoms with Gasteiger partial charge in [0.2, 0.25) is 11.8 Å². The number of amides is 1. The van der Waals surface area contributed by atoms with Crippen LogP contribution in [0.15, 0.2) is 29.1 Å². The zero-order valence-electron chi connectivity index (χ0n) is 20.8. The highest BCUT2D eigenvalue weighted by atomic mass is 32.1. The Morgan fingerprint density at radius 2 is 1.77 bits per heavy atom. The minimum absolute atomic E-state index is 0.0548. The first-order valence-corrected chi connectivity index (χ1v) is 14.1. The van der Waals surface area contributed by atoms with Crippen molar-refractivity contribution in [3.8, 4) is 11.6 Å². The summed E-state index contributed by atoms with van der Waals surface area (Å²) in [5.41, 5.74) is 1.61. The summed E-state index contributed by atoms with van der Waals surface area (Å²) in [5, 5.41) is 9.73. The van der Waals surface area contributed by atoms with E-state index in [-0.39, 0.29) is 16.7 Å². The Hall–Kier alpha value is -2.28. The Kier molecular flexibility index (Phi) is 7.24. The molecule has 190 valence electrons. The van der Waals surface area contributed by atoms with Gasteiger partial charge in [-0.25, -0.2) is 0 Å². The van der Waals surface area contributed by atoms with Crippen LogP contribution in [0.25, 0.3) is 0 Å². The van der Waals surface area contributed by atoms with Gasteiger partial charge in [-0.05, 0) is 92.2 Å². The second-order valence-corrected chi connectivity index (χ2v) is 12.5. The van der Waals surface area contributed by atoms with Crippen molar-refractivity contribution in [3.63, 3.8) is 0 Å². The molecule has 1 heterocycles. The minimum Gasteiger partial charge on any atom is -0.494 e. The maximum absolute atomic E-state index is 12.6. The first-order valence-electron chi connectivity index (χ1n) is 13.2. The Balaban J connectivity index is 0.983. The van der Waals surface area contributed by atoms with E-state index in [2.05, 4.69) is 4.98 Å². The number of nitrogens with one attached hydrogen (secondary N) is 1. The SMILES string of the molecule is CN(CCOc1ccc(Cc2sc(=O)[nH]c2O)cc1)C(=O)CCCCC12CC3CC(CC(C3)C1)C2. The van der Waals surface area contributed by atoms with Crippen molar-refractivity contribution < 1.29 is 14.6 Å². The third-order valence-corrected chi connectivity index (χ3v) is 9.49. The molecule has 1 amide bonds. The highest BCUT2D eigenvalue weighted by Crippen LogP contribution is 2.61. The van der Waals surface area contributed by atoms with Crippen molar-refractivity contribution in [1.82, 2.24) is 9.88 Å². The summed E-state index contributed by atoms with van der Waals surface area (Å²) in [6, 6.07) is 7.62. The number of rotatable bonds is 11. The number of hydrogen-bond acceptors (Lipinski definition) is 5. The summed E-state index contributed by atoms with van der Waals surface area (Å²) in [5.74, 6) is 3.91. The second kappa shape index (κ2) is 10.4. The fraction of sp³-hybridized carbons (Fsp3) is 0.643. The summed E-state index contributed by atoms with van der Waals surface area (Å²) in [6.45, 7) is 1.02. The molecule has 4 aliphatic carbocycles. The monoisotopic (exact) mass is 498 g/mol. The predicted octanol–water partition coefficient (Wildman–Crippen LogP) is 5.35. The number of benzene rings is 1. The zero-order valence-corrected chi connectivity index (χ0v) is 21.6. The average Bonchev–Trinajstić information content (AvgIpc) is 3.13. The molecule has 0 spiro atoms. The smallest absolute Gasteiger partial charge is 0.307 e. The molecule has 4 bridgehead atoms. The van der Waals surface area contributed by atoms with Gasteiger partial charge < -0.3 is 14.7 Å². The van der Waals surface area contributed by atoms with Gasteiger partial charge in [0.25, 0.3) is 0 Å². The van der Waals surface area contributed by atoms with Gasteiger partial charge in [0, 0.05) is 19.9 Å². The number of unbranched alkanes of at least 4 members (excludes halogenated alkanes) is 1. The van der Waals surface area contributed by atoms with Crippen LogP contribution in [0.5, 0.6) is 11.6 Å². The van der Waals surface area contributed by atoms with Crippen molar-refractivity contribution in [1.29, 1.82) is 0 Å². The molecule has 4 fully saturated rings. The van der Waals surface area contributed by atoms with Crippen LogP contribution in [-0.4, -0.2) is 41.1 Å². The largest absolute Gasteiger partial charge is 0.494 e. The van der Waals surface area contributed by atoms with E-state index in [0.29, 0.717) is 36.3 Å². The number of aromatic hydroxyl groups is 1. The molecule has 2 N–H and O–H groups in total. The highest BCUT2D eigenvalue weighted by molar-refractivity contribution is 7.09. The standard InChI is InChI=1S/C28H38N2O4S/c1-30(10-11-34-23-7-5-19(6-8-23)15-24-26(32)29-27(33)35-24)25(31)4-2-3-9-28-16-20-12-21(17-28)14-22(13-20)18-28/h5-8,20-22,32H,2-4,9-18H2,1H3,(H,29,33). The maximum atomic E-state index is 12.6. The Morgan fingerprint density at radius 3 is 2.37 bits per heavy atom. The molecule has 0 atom stereocenters. The van der Waals surface area contributed by atoms with E-state index >= 15 is 0 Å². The number of thiazole rings is 1. The predicted molar refractivity (Wildman–Crippen MR) is 138 cm³/mol. The van der Waals surface area contributed by atoms with Crippen LogP contribution >= 0.6 is 11.3 Å². The topological polar surface area (TPSA) is 82.6 Å². The molecule has 4 aliphatic rings. The minimum atomic E-state index is -0.251. The van der Waals surface area contributed by atoms with E-state index in [9.17, 15) is 14.7 Å². The van der Waals surface area contributed by atoms with E-state index in [1.54, 1.807) is 4.90 Å².